The number of thiophene rings is 1. The lowest BCUT2D eigenvalue weighted by Crippen LogP contribution is -2.26. The fraction of sp³-hybridized carbons (Fsp3) is 0.0833. The molecular weight excluding hydrogens is 305 g/mol. The van der Waals surface area contributed by atoms with Gasteiger partial charge < -0.3 is 4.90 Å². The van der Waals surface area contributed by atoms with Gasteiger partial charge in [0, 0.05) is 7.05 Å². The van der Waals surface area contributed by atoms with Crippen molar-refractivity contribution in [2.24, 2.45) is 0 Å². The molecule has 1 aromatic carbocycles. The molecule has 2 nitrogen and oxygen atoms in total. The van der Waals surface area contributed by atoms with E-state index in [1.54, 1.807) is 37.4 Å². The number of rotatable bonds is 2. The zero-order valence-corrected chi connectivity index (χ0v) is 11.4. The molecule has 0 saturated carbocycles. The average molecular weight is 314 g/mol. The zero-order chi connectivity index (χ0) is 12.4. The van der Waals surface area contributed by atoms with Gasteiger partial charge >= 0.3 is 0 Å². The Hall–Kier alpha value is -1.20. The first-order valence-corrected chi connectivity index (χ1v) is 6.48. The summed E-state index contributed by atoms with van der Waals surface area (Å²) in [5.41, 5.74) is 0.280. The molecule has 2 rings (SSSR count). The van der Waals surface area contributed by atoms with Crippen LogP contribution in [0.1, 0.15) is 9.67 Å². The molecule has 1 amide bonds. The summed E-state index contributed by atoms with van der Waals surface area (Å²) in [6, 6.07) is 9.73. The van der Waals surface area contributed by atoms with Gasteiger partial charge in [0.2, 0.25) is 0 Å². The molecule has 0 spiro atoms. The maximum absolute atomic E-state index is 13.5. The first kappa shape index (κ1) is 12.3. The van der Waals surface area contributed by atoms with E-state index in [4.69, 9.17) is 0 Å². The van der Waals surface area contributed by atoms with Crippen LogP contribution in [-0.4, -0.2) is 13.0 Å². The van der Waals surface area contributed by atoms with Crippen molar-refractivity contribution in [2.45, 2.75) is 0 Å². The van der Waals surface area contributed by atoms with Crippen LogP contribution in [0.5, 0.6) is 0 Å². The van der Waals surface area contributed by atoms with Crippen molar-refractivity contribution in [3.8, 4) is 0 Å². The monoisotopic (exact) mass is 313 g/mol. The van der Waals surface area contributed by atoms with Gasteiger partial charge in [0.1, 0.15) is 5.82 Å². The van der Waals surface area contributed by atoms with E-state index < -0.39 is 5.82 Å². The maximum atomic E-state index is 13.5. The van der Waals surface area contributed by atoms with Crippen molar-refractivity contribution in [1.82, 2.24) is 0 Å². The van der Waals surface area contributed by atoms with E-state index in [9.17, 15) is 9.18 Å². The number of hydrogen-bond donors (Lipinski definition) is 0. The molecule has 0 aliphatic heterocycles. The number of para-hydroxylation sites is 1. The van der Waals surface area contributed by atoms with Crippen LogP contribution in [0, 0.1) is 5.82 Å². The van der Waals surface area contributed by atoms with E-state index in [1.165, 1.54) is 22.3 Å². The number of carbonyl (C=O) groups is 1. The lowest BCUT2D eigenvalue weighted by molar-refractivity contribution is 0.0996. The van der Waals surface area contributed by atoms with Crippen molar-refractivity contribution in [2.75, 3.05) is 11.9 Å². The molecule has 0 bridgehead atoms. The Morgan fingerprint density at radius 3 is 2.59 bits per heavy atom. The highest BCUT2D eigenvalue weighted by molar-refractivity contribution is 9.11. The molecule has 0 aliphatic rings. The molecule has 0 unspecified atom stereocenters. The van der Waals surface area contributed by atoms with Crippen molar-refractivity contribution in [3.05, 3.63) is 50.9 Å². The van der Waals surface area contributed by atoms with E-state index in [0.29, 0.717) is 4.88 Å². The van der Waals surface area contributed by atoms with Crippen molar-refractivity contribution in [1.29, 1.82) is 0 Å². The molecule has 0 fully saturated rings. The minimum atomic E-state index is -0.404. The second-order valence-electron chi connectivity index (χ2n) is 3.42. The minimum absolute atomic E-state index is 0.217. The number of halogens is 2. The smallest absolute Gasteiger partial charge is 0.268 e. The Morgan fingerprint density at radius 2 is 2.00 bits per heavy atom. The number of hydrogen-bond acceptors (Lipinski definition) is 2. The molecule has 0 atom stereocenters. The predicted octanol–water partition coefficient (Wildman–Crippen LogP) is 3.93. The van der Waals surface area contributed by atoms with Crippen LogP contribution in [0.25, 0.3) is 0 Å². The molecule has 5 heteroatoms. The van der Waals surface area contributed by atoms with E-state index in [-0.39, 0.29) is 11.6 Å². The molecule has 0 N–H and O–H groups in total. The highest BCUT2D eigenvalue weighted by Crippen LogP contribution is 2.25. The molecule has 1 heterocycles. The number of nitrogens with zero attached hydrogens (tertiary/aromatic N) is 1. The van der Waals surface area contributed by atoms with Gasteiger partial charge in [-0.1, -0.05) is 12.1 Å². The SMILES string of the molecule is CN(C(=O)c1ccc(Br)s1)c1ccccc1F. The largest absolute Gasteiger partial charge is 0.308 e. The summed E-state index contributed by atoms with van der Waals surface area (Å²) in [4.78, 5) is 13.9. The molecule has 17 heavy (non-hydrogen) atoms. The van der Waals surface area contributed by atoms with Crippen LogP contribution in [0.3, 0.4) is 0 Å². The maximum Gasteiger partial charge on any atom is 0.268 e. The van der Waals surface area contributed by atoms with E-state index >= 15 is 0 Å². The molecule has 0 aliphatic carbocycles. The zero-order valence-electron chi connectivity index (χ0n) is 8.98. The van der Waals surface area contributed by atoms with Crippen LogP contribution >= 0.6 is 27.3 Å². The molecule has 0 radical (unpaired) electrons. The Labute approximate surface area is 111 Å². The van der Waals surface area contributed by atoms with E-state index in [0.717, 1.165) is 3.79 Å². The summed E-state index contributed by atoms with van der Waals surface area (Å²) in [6.45, 7) is 0. The first-order chi connectivity index (χ1) is 8.09. The van der Waals surface area contributed by atoms with E-state index in [2.05, 4.69) is 15.9 Å². The van der Waals surface area contributed by atoms with Crippen LogP contribution in [-0.2, 0) is 0 Å². The highest BCUT2D eigenvalue weighted by Gasteiger charge is 2.17. The Bertz CT molecular complexity index is 555. The second-order valence-corrected chi connectivity index (χ2v) is 5.88. The number of benzene rings is 1. The third-order valence-corrected chi connectivity index (χ3v) is 3.91. The van der Waals surface area contributed by atoms with Gasteiger partial charge in [-0.05, 0) is 40.2 Å². The normalized spacial score (nSPS) is 10.3. The summed E-state index contributed by atoms with van der Waals surface area (Å²) in [6.07, 6.45) is 0. The summed E-state index contributed by atoms with van der Waals surface area (Å²) >= 11 is 4.62. The highest BCUT2D eigenvalue weighted by atomic mass is 79.9. The standard InChI is InChI=1S/C12H9BrFNOS/c1-15(9-5-3-2-4-8(9)14)12(16)10-6-7-11(13)17-10/h2-7H,1H3. The lowest BCUT2D eigenvalue weighted by Gasteiger charge is -2.16. The average Bonchev–Trinajstić information content (AvgIpc) is 2.75. The molecule has 0 saturated heterocycles. The van der Waals surface area contributed by atoms with Gasteiger partial charge in [-0.2, -0.15) is 0 Å². The third-order valence-electron chi connectivity index (χ3n) is 2.30. The second kappa shape index (κ2) is 4.98. The fourth-order valence-corrected chi connectivity index (χ4v) is 2.79. The lowest BCUT2D eigenvalue weighted by atomic mass is 10.2. The topological polar surface area (TPSA) is 20.3 Å². The summed E-state index contributed by atoms with van der Waals surface area (Å²) in [5, 5.41) is 0. The first-order valence-electron chi connectivity index (χ1n) is 4.87. The number of amides is 1. The molecule has 1 aromatic heterocycles. The van der Waals surface area contributed by atoms with Crippen LogP contribution < -0.4 is 4.90 Å². The number of carbonyl (C=O) groups excluding carboxylic acids is 1. The van der Waals surface area contributed by atoms with Gasteiger partial charge in [-0.3, -0.25) is 4.79 Å². The summed E-state index contributed by atoms with van der Waals surface area (Å²) in [5.74, 6) is -0.621. The fourth-order valence-electron chi connectivity index (χ4n) is 1.43. The number of anilines is 1. The molecular formula is C12H9BrFNOS. The Morgan fingerprint density at radius 1 is 1.29 bits per heavy atom. The third kappa shape index (κ3) is 2.56. The van der Waals surface area contributed by atoms with Gasteiger partial charge in [0.05, 0.1) is 14.4 Å². The van der Waals surface area contributed by atoms with Crippen LogP contribution in [0.4, 0.5) is 10.1 Å². The van der Waals surface area contributed by atoms with Gasteiger partial charge in [-0.15, -0.1) is 11.3 Å². The molecule has 2 aromatic rings. The van der Waals surface area contributed by atoms with Crippen molar-refractivity contribution >= 4 is 38.9 Å². The quantitative estimate of drug-likeness (QED) is 0.822. The van der Waals surface area contributed by atoms with Crippen molar-refractivity contribution < 1.29 is 9.18 Å². The molecule has 88 valence electrons. The van der Waals surface area contributed by atoms with Gasteiger partial charge in [0.15, 0.2) is 0 Å². The minimum Gasteiger partial charge on any atom is -0.308 e. The summed E-state index contributed by atoms with van der Waals surface area (Å²) in [7, 11) is 1.56. The Balaban J connectivity index is 2.29. The Kier molecular flexibility index (Phi) is 3.59. The van der Waals surface area contributed by atoms with Gasteiger partial charge in [0.25, 0.3) is 5.91 Å². The van der Waals surface area contributed by atoms with Crippen LogP contribution in [0.2, 0.25) is 0 Å². The van der Waals surface area contributed by atoms with Crippen molar-refractivity contribution in [3.63, 3.8) is 0 Å². The van der Waals surface area contributed by atoms with E-state index in [1.807, 2.05) is 0 Å². The van der Waals surface area contributed by atoms with Gasteiger partial charge in [-0.25, -0.2) is 4.39 Å². The van der Waals surface area contributed by atoms with Crippen LogP contribution in [0.15, 0.2) is 40.2 Å². The predicted molar refractivity (Wildman–Crippen MR) is 71.2 cm³/mol. The summed E-state index contributed by atoms with van der Waals surface area (Å²) < 4.78 is 14.4.